The van der Waals surface area contributed by atoms with E-state index in [1.807, 2.05) is 38.1 Å². The minimum atomic E-state index is -0.492. The van der Waals surface area contributed by atoms with Gasteiger partial charge in [0.15, 0.2) is 0 Å². The molecule has 1 aromatic carbocycles. The number of rotatable bonds is 4. The summed E-state index contributed by atoms with van der Waals surface area (Å²) in [5.74, 6) is 4.92. The van der Waals surface area contributed by atoms with Gasteiger partial charge in [0.2, 0.25) is 0 Å². The zero-order valence-electron chi connectivity index (χ0n) is 12.4. The van der Waals surface area contributed by atoms with Crippen molar-refractivity contribution in [1.29, 1.82) is 0 Å². The second-order valence-electron chi connectivity index (χ2n) is 6.48. The Bertz CT molecular complexity index is 430. The summed E-state index contributed by atoms with van der Waals surface area (Å²) in [4.78, 5) is 16.7. The van der Waals surface area contributed by atoms with Gasteiger partial charge in [0.1, 0.15) is 0 Å². The Morgan fingerprint density at radius 1 is 1.16 bits per heavy atom. The number of hydrogen-bond donors (Lipinski definition) is 2. The van der Waals surface area contributed by atoms with Gasteiger partial charge in [0.25, 0.3) is 5.91 Å². The molecule has 0 saturated heterocycles. The number of carbonyl (C=O) groups is 1. The Morgan fingerprint density at radius 2 is 1.68 bits per heavy atom. The third-order valence-electron chi connectivity index (χ3n) is 2.91. The number of carbonyl (C=O) groups excluding carboxylic acids is 1. The van der Waals surface area contributed by atoms with Gasteiger partial charge in [-0.05, 0) is 37.0 Å². The van der Waals surface area contributed by atoms with E-state index >= 15 is 0 Å². The van der Waals surface area contributed by atoms with Crippen molar-refractivity contribution in [2.75, 3.05) is 6.61 Å². The van der Waals surface area contributed by atoms with E-state index < -0.39 is 5.54 Å². The fourth-order valence-corrected chi connectivity index (χ4v) is 1.75. The van der Waals surface area contributed by atoms with Crippen molar-refractivity contribution in [1.82, 2.24) is 5.32 Å². The Hall–Kier alpha value is -1.39. The van der Waals surface area contributed by atoms with Crippen LogP contribution in [-0.4, -0.2) is 18.1 Å². The van der Waals surface area contributed by atoms with Gasteiger partial charge >= 0.3 is 0 Å². The van der Waals surface area contributed by atoms with E-state index in [9.17, 15) is 4.79 Å². The van der Waals surface area contributed by atoms with Gasteiger partial charge in [-0.15, -0.1) is 0 Å². The lowest BCUT2D eigenvalue weighted by molar-refractivity contribution is 0.0687. The highest BCUT2D eigenvalue weighted by atomic mass is 16.6. The van der Waals surface area contributed by atoms with Crippen LogP contribution in [0.2, 0.25) is 0 Å². The number of nitrogens with two attached hydrogens (primary N) is 1. The molecular formula is C15H24N2O2. The van der Waals surface area contributed by atoms with Crippen LogP contribution in [0.25, 0.3) is 0 Å². The van der Waals surface area contributed by atoms with Gasteiger partial charge in [-0.1, -0.05) is 32.9 Å². The molecule has 3 N–H and O–H groups in total. The molecule has 4 nitrogen and oxygen atoms in total. The molecule has 1 rings (SSSR count). The summed E-state index contributed by atoms with van der Waals surface area (Å²) in [6, 6.07) is 7.66. The molecule has 0 aliphatic carbocycles. The Kier molecular flexibility index (Phi) is 4.71. The second-order valence-corrected chi connectivity index (χ2v) is 6.48. The highest BCUT2D eigenvalue weighted by Crippen LogP contribution is 2.22. The van der Waals surface area contributed by atoms with Gasteiger partial charge in [0, 0.05) is 5.56 Å². The molecular weight excluding hydrogens is 240 g/mol. The largest absolute Gasteiger partial charge is 0.345 e. The normalized spacial score (nSPS) is 12.3. The van der Waals surface area contributed by atoms with Crippen LogP contribution < -0.4 is 11.2 Å². The van der Waals surface area contributed by atoms with Gasteiger partial charge < -0.3 is 10.2 Å². The molecule has 106 valence electrons. The van der Waals surface area contributed by atoms with Crippen molar-refractivity contribution in [3.63, 3.8) is 0 Å². The van der Waals surface area contributed by atoms with Crippen LogP contribution >= 0.6 is 0 Å². The van der Waals surface area contributed by atoms with Crippen molar-refractivity contribution in [2.24, 2.45) is 5.90 Å². The first-order valence-corrected chi connectivity index (χ1v) is 6.40. The van der Waals surface area contributed by atoms with Crippen molar-refractivity contribution in [3.8, 4) is 0 Å². The third kappa shape index (κ3) is 4.65. The molecule has 1 amide bonds. The third-order valence-corrected chi connectivity index (χ3v) is 2.91. The number of hydrogen-bond acceptors (Lipinski definition) is 3. The Morgan fingerprint density at radius 3 is 2.11 bits per heavy atom. The lowest BCUT2D eigenvalue weighted by atomic mass is 9.86. The molecule has 0 spiro atoms. The SMILES string of the molecule is CC(C)(CON)NC(=O)c1ccc(C(C)(C)C)cc1. The van der Waals surface area contributed by atoms with Crippen LogP contribution in [0.5, 0.6) is 0 Å². The first-order valence-electron chi connectivity index (χ1n) is 6.40. The van der Waals surface area contributed by atoms with Crippen molar-refractivity contribution >= 4 is 5.91 Å². The predicted octanol–water partition coefficient (Wildman–Crippen LogP) is 2.38. The first-order chi connectivity index (χ1) is 8.65. The molecule has 0 bridgehead atoms. The number of benzene rings is 1. The van der Waals surface area contributed by atoms with Gasteiger partial charge in [-0.25, -0.2) is 5.90 Å². The smallest absolute Gasteiger partial charge is 0.251 e. The summed E-state index contributed by atoms with van der Waals surface area (Å²) in [7, 11) is 0. The molecule has 0 aliphatic heterocycles. The Labute approximate surface area is 115 Å². The molecule has 4 heteroatoms. The van der Waals surface area contributed by atoms with Crippen molar-refractivity contribution in [2.45, 2.75) is 45.6 Å². The standard InChI is InChI=1S/C15H24N2O2/c1-14(2,3)12-8-6-11(7-9-12)13(18)17-15(4,5)10-19-16/h6-9H,10,16H2,1-5H3,(H,17,18). The number of nitrogens with one attached hydrogen (secondary N) is 1. The van der Waals surface area contributed by atoms with Crippen LogP contribution in [0.3, 0.4) is 0 Å². The molecule has 0 radical (unpaired) electrons. The van der Waals surface area contributed by atoms with E-state index in [2.05, 4.69) is 30.9 Å². The maximum absolute atomic E-state index is 12.1. The second kappa shape index (κ2) is 5.72. The minimum absolute atomic E-state index is 0.0850. The van der Waals surface area contributed by atoms with E-state index in [1.54, 1.807) is 0 Å². The monoisotopic (exact) mass is 264 g/mol. The molecule has 1 aromatic rings. The zero-order chi connectivity index (χ0) is 14.7. The fraction of sp³-hybridized carbons (Fsp3) is 0.533. The lowest BCUT2D eigenvalue weighted by Gasteiger charge is -2.25. The zero-order valence-corrected chi connectivity index (χ0v) is 12.4. The molecule has 19 heavy (non-hydrogen) atoms. The molecule has 0 saturated carbocycles. The maximum Gasteiger partial charge on any atom is 0.251 e. The van der Waals surface area contributed by atoms with Crippen LogP contribution in [0.1, 0.15) is 50.5 Å². The van der Waals surface area contributed by atoms with Crippen LogP contribution in [-0.2, 0) is 10.3 Å². The number of amides is 1. The molecule has 0 fully saturated rings. The van der Waals surface area contributed by atoms with Gasteiger partial charge in [-0.2, -0.15) is 0 Å². The first kappa shape index (κ1) is 15.7. The molecule has 0 unspecified atom stereocenters. The van der Waals surface area contributed by atoms with E-state index in [4.69, 9.17) is 5.90 Å². The average molecular weight is 264 g/mol. The summed E-state index contributed by atoms with van der Waals surface area (Å²) in [6.45, 7) is 10.4. The van der Waals surface area contributed by atoms with Crippen molar-refractivity contribution < 1.29 is 9.63 Å². The Balaban J connectivity index is 2.79. The fourth-order valence-electron chi connectivity index (χ4n) is 1.75. The summed E-state index contributed by atoms with van der Waals surface area (Å²) in [5, 5.41) is 2.89. The molecule has 0 aliphatic rings. The lowest BCUT2D eigenvalue weighted by Crippen LogP contribution is -2.47. The predicted molar refractivity (Wildman–Crippen MR) is 76.8 cm³/mol. The van der Waals surface area contributed by atoms with E-state index in [-0.39, 0.29) is 17.9 Å². The molecule has 0 atom stereocenters. The topological polar surface area (TPSA) is 64.3 Å². The van der Waals surface area contributed by atoms with E-state index in [1.165, 1.54) is 5.56 Å². The van der Waals surface area contributed by atoms with Crippen molar-refractivity contribution in [3.05, 3.63) is 35.4 Å². The quantitative estimate of drug-likeness (QED) is 0.821. The van der Waals surface area contributed by atoms with Gasteiger partial charge in [0.05, 0.1) is 12.1 Å². The summed E-state index contributed by atoms with van der Waals surface area (Å²) in [5.41, 5.74) is 1.43. The summed E-state index contributed by atoms with van der Waals surface area (Å²) in [6.07, 6.45) is 0. The highest BCUT2D eigenvalue weighted by Gasteiger charge is 2.21. The van der Waals surface area contributed by atoms with Crippen LogP contribution in [0.15, 0.2) is 24.3 Å². The average Bonchev–Trinajstić information content (AvgIpc) is 2.27. The van der Waals surface area contributed by atoms with E-state index in [0.717, 1.165) is 0 Å². The highest BCUT2D eigenvalue weighted by molar-refractivity contribution is 5.94. The summed E-state index contributed by atoms with van der Waals surface area (Å²) >= 11 is 0. The van der Waals surface area contributed by atoms with Gasteiger partial charge in [-0.3, -0.25) is 4.79 Å². The summed E-state index contributed by atoms with van der Waals surface area (Å²) < 4.78 is 0. The minimum Gasteiger partial charge on any atom is -0.345 e. The maximum atomic E-state index is 12.1. The van der Waals surface area contributed by atoms with E-state index in [0.29, 0.717) is 5.56 Å². The van der Waals surface area contributed by atoms with Crippen LogP contribution in [0.4, 0.5) is 0 Å². The molecule has 0 aromatic heterocycles. The van der Waals surface area contributed by atoms with Crippen LogP contribution in [0, 0.1) is 0 Å². The molecule has 0 heterocycles.